The van der Waals surface area contributed by atoms with Gasteiger partial charge in [0.25, 0.3) is 5.91 Å². The molecular weight excluding hydrogens is 562 g/mol. The van der Waals surface area contributed by atoms with E-state index in [1.165, 1.54) is 5.56 Å². The monoisotopic (exact) mass is 591 g/mol. The lowest BCUT2D eigenvalue weighted by Crippen LogP contribution is -2.62. The Kier molecular flexibility index (Phi) is 9.36. The summed E-state index contributed by atoms with van der Waals surface area (Å²) in [5, 5.41) is 14.7. The van der Waals surface area contributed by atoms with Gasteiger partial charge in [-0.2, -0.15) is 18.2 Å². The fourth-order valence-corrected chi connectivity index (χ4v) is 5.12. The number of nitrogens with one attached hydrogen (secondary N) is 1. The van der Waals surface area contributed by atoms with Crippen molar-refractivity contribution in [3.8, 4) is 0 Å². The Morgan fingerprint density at radius 1 is 1.15 bits per heavy atom. The molecule has 4 N–H and O–H groups in total. The number of amides is 1. The van der Waals surface area contributed by atoms with Gasteiger partial charge in [0, 0.05) is 36.7 Å². The first-order chi connectivity index (χ1) is 18.9. The van der Waals surface area contributed by atoms with Crippen molar-refractivity contribution in [3.63, 3.8) is 0 Å². The molecule has 3 fully saturated rings. The molecule has 0 radical (unpaired) electrons. The van der Waals surface area contributed by atoms with E-state index in [2.05, 4.69) is 25.0 Å². The molecule has 0 unspecified atom stereocenters. The standard InChI is InChI=1S/C22H29ClFN7O2.C2HF3O2/c23-15-3-1-14(2-4-15)9-18-13-33-19(20(32)30-10-16(24)11-30)12-31(18)17-5-7-29(8-6-17)22-26-21(25)27-28-22;3-2(4,5)1(6)7/h1-4,16-19H,5-13H2,(H3,25,26,27,28);(H,6,7)/t18-,19+;/m0./s1. The van der Waals surface area contributed by atoms with Gasteiger partial charge in [-0.1, -0.05) is 23.7 Å². The number of piperidine rings is 1. The summed E-state index contributed by atoms with van der Waals surface area (Å²) < 4.78 is 51.1. The zero-order valence-corrected chi connectivity index (χ0v) is 22.1. The number of anilines is 2. The predicted molar refractivity (Wildman–Crippen MR) is 137 cm³/mol. The molecule has 40 heavy (non-hydrogen) atoms. The summed E-state index contributed by atoms with van der Waals surface area (Å²) in [6.45, 7) is 2.94. The van der Waals surface area contributed by atoms with Crippen LogP contribution < -0.4 is 10.6 Å². The molecule has 1 aromatic heterocycles. The molecule has 4 heterocycles. The molecule has 2 atom stereocenters. The van der Waals surface area contributed by atoms with Crippen LogP contribution in [-0.4, -0.2) is 112 Å². The third kappa shape index (κ3) is 7.52. The zero-order chi connectivity index (χ0) is 29.0. The highest BCUT2D eigenvalue weighted by atomic mass is 35.5. The minimum Gasteiger partial charge on any atom is -0.475 e. The SMILES string of the molecule is Nc1nc(N2CCC(N3C[C@H](C(=O)N4CC(F)C4)OC[C@@H]3Cc3ccc(Cl)cc3)CC2)n[nH]1.O=C(O)C(F)(F)F. The van der Waals surface area contributed by atoms with Crippen molar-refractivity contribution in [2.75, 3.05) is 50.0 Å². The molecule has 0 aliphatic carbocycles. The summed E-state index contributed by atoms with van der Waals surface area (Å²) in [6.07, 6.45) is -3.90. The normalized spacial score (nSPS) is 22.8. The minimum atomic E-state index is -5.08. The molecule has 2 aromatic rings. The number of H-pyrrole nitrogens is 1. The first-order valence-electron chi connectivity index (χ1n) is 12.7. The summed E-state index contributed by atoms with van der Waals surface area (Å²) in [5.74, 6) is -1.93. The lowest BCUT2D eigenvalue weighted by molar-refractivity contribution is -0.192. The number of hydrogen-bond acceptors (Lipinski definition) is 8. The quantitative estimate of drug-likeness (QED) is 0.446. The number of carbonyl (C=O) groups is 2. The number of ether oxygens (including phenoxy) is 1. The van der Waals surface area contributed by atoms with Gasteiger partial charge in [0.15, 0.2) is 0 Å². The number of rotatable bonds is 5. The Hall–Kier alpha value is -3.17. The minimum absolute atomic E-state index is 0.104. The largest absolute Gasteiger partial charge is 0.490 e. The molecule has 0 saturated carbocycles. The van der Waals surface area contributed by atoms with Gasteiger partial charge >= 0.3 is 12.1 Å². The van der Waals surface area contributed by atoms with Crippen LogP contribution in [-0.2, 0) is 20.7 Å². The van der Waals surface area contributed by atoms with Gasteiger partial charge < -0.3 is 25.4 Å². The zero-order valence-electron chi connectivity index (χ0n) is 21.4. The highest BCUT2D eigenvalue weighted by Gasteiger charge is 2.42. The first kappa shape index (κ1) is 29.8. The molecule has 1 aromatic carbocycles. The Morgan fingerprint density at radius 3 is 2.30 bits per heavy atom. The number of morpholine rings is 1. The molecule has 3 aliphatic heterocycles. The summed E-state index contributed by atoms with van der Waals surface area (Å²) in [4.78, 5) is 32.1. The predicted octanol–water partition coefficient (Wildman–Crippen LogP) is 2.13. The van der Waals surface area contributed by atoms with E-state index in [0.29, 0.717) is 36.1 Å². The van der Waals surface area contributed by atoms with Crippen molar-refractivity contribution in [2.24, 2.45) is 0 Å². The van der Waals surface area contributed by atoms with Crippen molar-refractivity contribution in [1.82, 2.24) is 25.0 Å². The second-order valence-electron chi connectivity index (χ2n) is 9.89. The average Bonchev–Trinajstić information content (AvgIpc) is 3.34. The van der Waals surface area contributed by atoms with Crippen LogP contribution in [0.5, 0.6) is 0 Å². The average molecular weight is 592 g/mol. The fraction of sp³-hybridized carbons (Fsp3) is 0.583. The number of halogens is 5. The van der Waals surface area contributed by atoms with Crippen LogP contribution in [0.4, 0.5) is 29.5 Å². The van der Waals surface area contributed by atoms with Crippen molar-refractivity contribution in [1.29, 1.82) is 0 Å². The molecule has 1 amide bonds. The number of nitrogens with zero attached hydrogens (tertiary/aromatic N) is 5. The van der Waals surface area contributed by atoms with Gasteiger partial charge in [-0.3, -0.25) is 9.69 Å². The number of carboxylic acids is 1. The van der Waals surface area contributed by atoms with E-state index in [1.54, 1.807) is 4.90 Å². The van der Waals surface area contributed by atoms with E-state index >= 15 is 0 Å². The van der Waals surface area contributed by atoms with E-state index in [0.717, 1.165) is 32.4 Å². The summed E-state index contributed by atoms with van der Waals surface area (Å²) in [7, 11) is 0. The van der Waals surface area contributed by atoms with E-state index in [4.69, 9.17) is 32.0 Å². The number of aliphatic carboxylic acids is 1. The van der Waals surface area contributed by atoms with Gasteiger partial charge in [0.2, 0.25) is 11.9 Å². The van der Waals surface area contributed by atoms with Gasteiger partial charge in [-0.05, 0) is 37.0 Å². The molecule has 3 saturated heterocycles. The van der Waals surface area contributed by atoms with Crippen molar-refractivity contribution in [2.45, 2.75) is 49.8 Å². The Labute approximate surface area is 232 Å². The number of carboxylic acid groups (broad SMARTS) is 1. The van der Waals surface area contributed by atoms with E-state index in [9.17, 15) is 22.4 Å². The van der Waals surface area contributed by atoms with Crippen LogP contribution >= 0.6 is 11.6 Å². The Morgan fingerprint density at radius 2 is 1.77 bits per heavy atom. The fourth-order valence-electron chi connectivity index (χ4n) is 4.99. The van der Waals surface area contributed by atoms with Gasteiger partial charge in [-0.15, -0.1) is 5.10 Å². The van der Waals surface area contributed by atoms with Crippen LogP contribution in [0.2, 0.25) is 5.02 Å². The van der Waals surface area contributed by atoms with E-state index in [1.807, 2.05) is 24.3 Å². The number of alkyl halides is 4. The lowest BCUT2D eigenvalue weighted by atomic mass is 9.96. The van der Waals surface area contributed by atoms with Crippen LogP contribution in [0, 0.1) is 0 Å². The summed E-state index contributed by atoms with van der Waals surface area (Å²) in [5.41, 5.74) is 6.86. The van der Waals surface area contributed by atoms with E-state index in [-0.39, 0.29) is 25.0 Å². The first-order valence-corrected chi connectivity index (χ1v) is 13.1. The maximum absolute atomic E-state index is 13.3. The summed E-state index contributed by atoms with van der Waals surface area (Å²) in [6, 6.07) is 8.33. The molecule has 3 aliphatic rings. The lowest BCUT2D eigenvalue weighted by Gasteiger charge is -2.47. The smallest absolute Gasteiger partial charge is 0.475 e. The van der Waals surface area contributed by atoms with Crippen LogP contribution in [0.15, 0.2) is 24.3 Å². The third-order valence-electron chi connectivity index (χ3n) is 7.09. The summed E-state index contributed by atoms with van der Waals surface area (Å²) >= 11 is 6.05. The number of aromatic nitrogens is 3. The third-order valence-corrected chi connectivity index (χ3v) is 7.35. The van der Waals surface area contributed by atoms with E-state index < -0.39 is 24.4 Å². The Balaban J connectivity index is 0.000000470. The molecule has 0 spiro atoms. The van der Waals surface area contributed by atoms with Gasteiger partial charge in [-0.25, -0.2) is 14.3 Å². The number of nitrogen functional groups attached to an aromatic ring is 1. The number of benzene rings is 1. The number of aromatic amines is 1. The van der Waals surface area contributed by atoms with Crippen LogP contribution in [0.1, 0.15) is 18.4 Å². The number of hydrogen-bond donors (Lipinski definition) is 3. The molecule has 220 valence electrons. The van der Waals surface area contributed by atoms with Crippen molar-refractivity contribution >= 4 is 35.4 Å². The van der Waals surface area contributed by atoms with Crippen molar-refractivity contribution < 1.29 is 37.0 Å². The highest BCUT2D eigenvalue weighted by Crippen LogP contribution is 2.28. The van der Waals surface area contributed by atoms with Gasteiger partial charge in [0.1, 0.15) is 12.3 Å². The number of likely N-dealkylation sites (tertiary alicyclic amines) is 1. The molecule has 0 bridgehead atoms. The Bertz CT molecular complexity index is 1150. The topological polar surface area (TPSA) is 141 Å². The van der Waals surface area contributed by atoms with Crippen LogP contribution in [0.3, 0.4) is 0 Å². The van der Waals surface area contributed by atoms with Crippen molar-refractivity contribution in [3.05, 3.63) is 34.9 Å². The second kappa shape index (κ2) is 12.6. The molecular formula is C24H30ClF4N7O4. The maximum atomic E-state index is 13.3. The molecule has 16 heteroatoms. The maximum Gasteiger partial charge on any atom is 0.490 e. The van der Waals surface area contributed by atoms with Crippen LogP contribution in [0.25, 0.3) is 0 Å². The molecule has 5 rings (SSSR count). The van der Waals surface area contributed by atoms with Gasteiger partial charge in [0.05, 0.1) is 19.7 Å². The number of carbonyl (C=O) groups excluding carboxylic acids is 1. The molecule has 11 nitrogen and oxygen atoms in total. The number of nitrogens with two attached hydrogens (primary N) is 1. The second-order valence-corrected chi connectivity index (χ2v) is 10.3. The highest BCUT2D eigenvalue weighted by molar-refractivity contribution is 6.30.